The fourth-order valence-corrected chi connectivity index (χ4v) is 3.72. The van der Waals surface area contributed by atoms with Crippen molar-refractivity contribution >= 4 is 29.1 Å². The minimum Gasteiger partial charge on any atom is -0.338 e. The zero-order valence-electron chi connectivity index (χ0n) is 16.0. The first-order valence-corrected chi connectivity index (χ1v) is 10.0. The van der Waals surface area contributed by atoms with E-state index in [0.29, 0.717) is 53.5 Å². The number of piperazine rings is 1. The van der Waals surface area contributed by atoms with E-state index in [1.807, 2.05) is 6.07 Å². The molecule has 0 spiro atoms. The van der Waals surface area contributed by atoms with E-state index in [1.165, 1.54) is 11.8 Å². The van der Waals surface area contributed by atoms with Crippen molar-refractivity contribution in [1.29, 1.82) is 0 Å². The third kappa shape index (κ3) is 5.07. The number of carbonyl (C=O) groups excluding carboxylic acids is 1. The lowest BCUT2D eigenvalue weighted by molar-refractivity contribution is -0.136. The second-order valence-electron chi connectivity index (χ2n) is 7.07. The Labute approximate surface area is 181 Å². The van der Waals surface area contributed by atoms with Crippen molar-refractivity contribution in [1.82, 2.24) is 19.6 Å². The van der Waals surface area contributed by atoms with Gasteiger partial charge in [0.05, 0.1) is 10.0 Å². The summed E-state index contributed by atoms with van der Waals surface area (Å²) in [6.07, 6.45) is -6.00. The maximum absolute atomic E-state index is 13.2. The van der Waals surface area contributed by atoms with Crippen LogP contribution in [0.15, 0.2) is 24.3 Å². The molecule has 5 nitrogen and oxygen atoms in total. The first-order valence-electron chi connectivity index (χ1n) is 9.28. The molecule has 1 amide bonds. The Morgan fingerprint density at radius 3 is 2.27 bits per heavy atom. The molecule has 0 bridgehead atoms. The van der Waals surface area contributed by atoms with E-state index in [1.54, 1.807) is 12.1 Å². The van der Waals surface area contributed by atoms with Gasteiger partial charge in [0.2, 0.25) is 5.91 Å². The van der Waals surface area contributed by atoms with Gasteiger partial charge in [-0.2, -0.15) is 5.10 Å². The predicted molar refractivity (Wildman–Crippen MR) is 105 cm³/mol. The molecule has 164 valence electrons. The van der Waals surface area contributed by atoms with Gasteiger partial charge in [0.15, 0.2) is 0 Å². The number of amides is 1. The van der Waals surface area contributed by atoms with Crippen molar-refractivity contribution in [3.05, 3.63) is 51.3 Å². The summed E-state index contributed by atoms with van der Waals surface area (Å²) in [5, 5.41) is 4.48. The van der Waals surface area contributed by atoms with E-state index in [2.05, 4.69) is 10.00 Å². The summed E-state index contributed by atoms with van der Waals surface area (Å²) in [6, 6.07) is 4.92. The number of nitrogens with zero attached hydrogens (tertiary/aromatic N) is 4. The van der Waals surface area contributed by atoms with Gasteiger partial charge in [-0.3, -0.25) is 14.4 Å². The SMILES string of the molecule is CC(C(=O)N1CCN(Cc2ccc(Cl)c(Cl)c2)CC1)n1nc(C(F)F)cc1C(F)F. The van der Waals surface area contributed by atoms with Gasteiger partial charge in [0, 0.05) is 32.7 Å². The zero-order chi connectivity index (χ0) is 22.0. The van der Waals surface area contributed by atoms with Crippen molar-refractivity contribution in [2.45, 2.75) is 32.4 Å². The quantitative estimate of drug-likeness (QED) is 0.564. The van der Waals surface area contributed by atoms with Crippen molar-refractivity contribution < 1.29 is 22.4 Å². The average Bonchev–Trinajstić information content (AvgIpc) is 3.16. The molecule has 2 aromatic rings. The van der Waals surface area contributed by atoms with Gasteiger partial charge in [0.25, 0.3) is 12.9 Å². The Morgan fingerprint density at radius 2 is 1.70 bits per heavy atom. The molecular formula is C19H20Cl2F4N4O. The number of alkyl halides is 4. The summed E-state index contributed by atoms with van der Waals surface area (Å²) < 4.78 is 52.9. The van der Waals surface area contributed by atoms with Crippen molar-refractivity contribution in [3.63, 3.8) is 0 Å². The van der Waals surface area contributed by atoms with Crippen molar-refractivity contribution in [3.8, 4) is 0 Å². The number of rotatable bonds is 6. The maximum Gasteiger partial charge on any atom is 0.282 e. The molecule has 1 aliphatic heterocycles. The fraction of sp³-hybridized carbons (Fsp3) is 0.474. The smallest absolute Gasteiger partial charge is 0.282 e. The monoisotopic (exact) mass is 466 g/mol. The van der Waals surface area contributed by atoms with Crippen LogP contribution in [0.25, 0.3) is 0 Å². The topological polar surface area (TPSA) is 41.4 Å². The molecule has 0 radical (unpaired) electrons. The van der Waals surface area contributed by atoms with Crippen LogP contribution in [0.1, 0.15) is 42.8 Å². The summed E-state index contributed by atoms with van der Waals surface area (Å²) in [7, 11) is 0. The Hall–Kier alpha value is -1.84. The van der Waals surface area contributed by atoms with Crippen molar-refractivity contribution in [2.24, 2.45) is 0 Å². The summed E-state index contributed by atoms with van der Waals surface area (Å²) in [6.45, 7) is 3.93. The maximum atomic E-state index is 13.2. The van der Waals surface area contributed by atoms with Crippen LogP contribution in [0.2, 0.25) is 10.0 Å². The van der Waals surface area contributed by atoms with Crippen LogP contribution >= 0.6 is 23.2 Å². The highest BCUT2D eigenvalue weighted by molar-refractivity contribution is 6.42. The van der Waals surface area contributed by atoms with E-state index in [0.717, 1.165) is 5.56 Å². The van der Waals surface area contributed by atoms with Gasteiger partial charge >= 0.3 is 0 Å². The molecule has 1 aromatic heterocycles. The number of carbonyl (C=O) groups is 1. The summed E-state index contributed by atoms with van der Waals surface area (Å²) in [5.74, 6) is -0.435. The van der Waals surface area contributed by atoms with Gasteiger partial charge in [-0.1, -0.05) is 29.3 Å². The average molecular weight is 467 g/mol. The fourth-order valence-electron chi connectivity index (χ4n) is 3.40. The molecule has 0 saturated carbocycles. The number of halogens is 6. The molecule has 2 heterocycles. The van der Waals surface area contributed by atoms with Crippen LogP contribution in [-0.4, -0.2) is 51.7 Å². The Morgan fingerprint density at radius 1 is 1.03 bits per heavy atom. The molecule has 1 saturated heterocycles. The number of hydrogen-bond acceptors (Lipinski definition) is 3. The summed E-state index contributed by atoms with van der Waals surface area (Å²) >= 11 is 12.0. The molecule has 11 heteroatoms. The first kappa shape index (κ1) is 22.8. The molecule has 1 aromatic carbocycles. The van der Waals surface area contributed by atoms with Gasteiger partial charge in [0.1, 0.15) is 17.4 Å². The van der Waals surface area contributed by atoms with Gasteiger partial charge in [-0.25, -0.2) is 17.6 Å². The molecule has 0 N–H and O–H groups in total. The Balaban J connectivity index is 1.63. The lowest BCUT2D eigenvalue weighted by Gasteiger charge is -2.36. The highest BCUT2D eigenvalue weighted by atomic mass is 35.5. The second kappa shape index (κ2) is 9.53. The molecule has 0 aliphatic carbocycles. The van der Waals surface area contributed by atoms with Crippen LogP contribution in [0.3, 0.4) is 0 Å². The van der Waals surface area contributed by atoms with E-state index in [9.17, 15) is 22.4 Å². The van der Waals surface area contributed by atoms with E-state index in [-0.39, 0.29) is 0 Å². The molecule has 30 heavy (non-hydrogen) atoms. The van der Waals surface area contributed by atoms with Gasteiger partial charge in [-0.15, -0.1) is 0 Å². The number of aromatic nitrogens is 2. The van der Waals surface area contributed by atoms with E-state index in [4.69, 9.17) is 23.2 Å². The minimum atomic E-state index is -3.01. The van der Waals surface area contributed by atoms with E-state index >= 15 is 0 Å². The lowest BCUT2D eigenvalue weighted by Crippen LogP contribution is -2.50. The summed E-state index contributed by atoms with van der Waals surface area (Å²) in [4.78, 5) is 16.4. The van der Waals surface area contributed by atoms with E-state index < -0.39 is 36.2 Å². The highest BCUT2D eigenvalue weighted by Gasteiger charge is 2.31. The van der Waals surface area contributed by atoms with Gasteiger partial charge in [-0.05, 0) is 30.7 Å². The van der Waals surface area contributed by atoms with Crippen LogP contribution < -0.4 is 0 Å². The number of hydrogen-bond donors (Lipinski definition) is 0. The zero-order valence-corrected chi connectivity index (χ0v) is 17.6. The lowest BCUT2D eigenvalue weighted by atomic mass is 10.2. The van der Waals surface area contributed by atoms with Crippen LogP contribution in [0.4, 0.5) is 17.6 Å². The molecule has 3 rings (SSSR count). The molecule has 1 unspecified atom stereocenters. The van der Waals surface area contributed by atoms with Crippen molar-refractivity contribution in [2.75, 3.05) is 26.2 Å². The molecular weight excluding hydrogens is 447 g/mol. The first-order chi connectivity index (χ1) is 14.2. The third-order valence-electron chi connectivity index (χ3n) is 5.03. The van der Waals surface area contributed by atoms with Gasteiger partial charge < -0.3 is 4.90 Å². The molecule has 1 aliphatic rings. The summed E-state index contributed by atoms with van der Waals surface area (Å²) in [5.41, 5.74) is -0.476. The Bertz CT molecular complexity index is 901. The largest absolute Gasteiger partial charge is 0.338 e. The Kier molecular flexibility index (Phi) is 7.26. The second-order valence-corrected chi connectivity index (χ2v) is 7.88. The molecule has 1 atom stereocenters. The normalized spacial score (nSPS) is 16.5. The van der Waals surface area contributed by atoms with Crippen LogP contribution in [-0.2, 0) is 11.3 Å². The van der Waals surface area contributed by atoms with Crippen LogP contribution in [0, 0.1) is 0 Å². The van der Waals surface area contributed by atoms with Crippen LogP contribution in [0.5, 0.6) is 0 Å². The minimum absolute atomic E-state index is 0.386. The standard InChI is InChI=1S/C19H20Cl2F4N4O/c1-11(29-16(18(24)25)9-15(26-29)17(22)23)19(30)28-6-4-27(5-7-28)10-12-2-3-13(20)14(21)8-12/h2-3,8-9,11,17-18H,4-7,10H2,1H3. The highest BCUT2D eigenvalue weighted by Crippen LogP contribution is 2.28. The third-order valence-corrected chi connectivity index (χ3v) is 5.77. The number of benzene rings is 1. The predicted octanol–water partition coefficient (Wildman–Crippen LogP) is 4.97. The molecule has 1 fully saturated rings.